The Bertz CT molecular complexity index is 854. The number of aromatic nitrogens is 3. The maximum Gasteiger partial charge on any atom is 0.191 e. The van der Waals surface area contributed by atoms with Crippen molar-refractivity contribution < 1.29 is 4.74 Å². The van der Waals surface area contributed by atoms with E-state index in [4.69, 9.17) is 4.74 Å². The molecule has 3 aromatic rings. The van der Waals surface area contributed by atoms with Gasteiger partial charge in [0.2, 0.25) is 0 Å². The Morgan fingerprint density at radius 2 is 2.08 bits per heavy atom. The summed E-state index contributed by atoms with van der Waals surface area (Å²) in [6.07, 6.45) is 1.06. The second-order valence-corrected chi connectivity index (χ2v) is 7.95. The van der Waals surface area contributed by atoms with Gasteiger partial charge in [-0.05, 0) is 43.5 Å². The Balaban J connectivity index is 1.85. The van der Waals surface area contributed by atoms with Gasteiger partial charge in [-0.25, -0.2) is 0 Å². The second kappa shape index (κ2) is 8.06. The van der Waals surface area contributed by atoms with Gasteiger partial charge < -0.3 is 9.30 Å². The predicted octanol–water partition coefficient (Wildman–Crippen LogP) is 5.33. The van der Waals surface area contributed by atoms with Gasteiger partial charge in [0.25, 0.3) is 0 Å². The Hall–Kier alpha value is -1.79. The first-order valence-corrected chi connectivity index (χ1v) is 10.2. The third-order valence-corrected chi connectivity index (χ3v) is 6.24. The first-order valence-electron chi connectivity index (χ1n) is 8.38. The zero-order valence-electron chi connectivity index (χ0n) is 15.1. The highest BCUT2D eigenvalue weighted by molar-refractivity contribution is 7.98. The van der Waals surface area contributed by atoms with Gasteiger partial charge in [-0.15, -0.1) is 21.5 Å². The topological polar surface area (TPSA) is 39.9 Å². The molecule has 0 aliphatic rings. The van der Waals surface area contributed by atoms with Crippen molar-refractivity contribution in [3.63, 3.8) is 0 Å². The summed E-state index contributed by atoms with van der Waals surface area (Å²) in [5, 5.41) is 12.1. The van der Waals surface area contributed by atoms with E-state index < -0.39 is 0 Å². The van der Waals surface area contributed by atoms with E-state index in [-0.39, 0.29) is 0 Å². The van der Waals surface area contributed by atoms with Crippen LogP contribution in [0, 0.1) is 13.8 Å². The summed E-state index contributed by atoms with van der Waals surface area (Å²) in [6.45, 7) is 7.43. The molecular weight excluding hydrogens is 350 g/mol. The minimum Gasteiger partial charge on any atom is -0.497 e. The molecule has 0 aliphatic carbocycles. The number of methoxy groups -OCH3 is 1. The lowest BCUT2D eigenvalue weighted by molar-refractivity contribution is 0.414. The number of rotatable bonds is 7. The Morgan fingerprint density at radius 3 is 2.76 bits per heavy atom. The van der Waals surface area contributed by atoms with Crippen LogP contribution >= 0.6 is 23.1 Å². The minimum atomic E-state index is 0.848. The van der Waals surface area contributed by atoms with Crippen molar-refractivity contribution >= 4 is 23.1 Å². The number of nitrogens with zero attached hydrogens (tertiary/aromatic N) is 3. The van der Waals surface area contributed by atoms with Crippen molar-refractivity contribution in [1.29, 1.82) is 0 Å². The smallest absolute Gasteiger partial charge is 0.191 e. The average Bonchev–Trinajstić information content (AvgIpc) is 3.17. The van der Waals surface area contributed by atoms with Crippen LogP contribution < -0.4 is 4.74 Å². The summed E-state index contributed by atoms with van der Waals surface area (Å²) in [5.41, 5.74) is 3.73. The third-order valence-electron chi connectivity index (χ3n) is 4.19. The van der Waals surface area contributed by atoms with Crippen molar-refractivity contribution in [2.75, 3.05) is 7.11 Å². The molecule has 6 heteroatoms. The van der Waals surface area contributed by atoms with Crippen LogP contribution in [0.5, 0.6) is 5.75 Å². The number of hydrogen-bond acceptors (Lipinski definition) is 5. The van der Waals surface area contributed by atoms with Crippen LogP contribution in [0.3, 0.4) is 0 Å². The fraction of sp³-hybridized carbons (Fsp3) is 0.368. The summed E-state index contributed by atoms with van der Waals surface area (Å²) in [5.74, 6) is 2.72. The van der Waals surface area contributed by atoms with Gasteiger partial charge in [0.1, 0.15) is 5.75 Å². The summed E-state index contributed by atoms with van der Waals surface area (Å²) in [6, 6.07) is 8.17. The highest BCUT2D eigenvalue weighted by Crippen LogP contribution is 2.32. The fourth-order valence-electron chi connectivity index (χ4n) is 2.66. The summed E-state index contributed by atoms with van der Waals surface area (Å²) in [4.78, 5) is 1.34. The van der Waals surface area contributed by atoms with Gasteiger partial charge in [-0.2, -0.15) is 0 Å². The molecule has 0 fully saturated rings. The van der Waals surface area contributed by atoms with E-state index in [1.54, 1.807) is 30.2 Å². The van der Waals surface area contributed by atoms with Gasteiger partial charge in [0.15, 0.2) is 11.0 Å². The van der Waals surface area contributed by atoms with Gasteiger partial charge in [-0.3, -0.25) is 0 Å². The number of benzene rings is 1. The lowest BCUT2D eigenvalue weighted by Gasteiger charge is -2.09. The molecule has 0 N–H and O–H groups in total. The predicted molar refractivity (Wildman–Crippen MR) is 106 cm³/mol. The average molecular weight is 374 g/mol. The Labute approximate surface area is 157 Å². The molecule has 3 rings (SSSR count). The number of thiophene rings is 1. The molecule has 0 atom stereocenters. The van der Waals surface area contributed by atoms with E-state index in [9.17, 15) is 0 Å². The first kappa shape index (κ1) is 18.0. The zero-order chi connectivity index (χ0) is 17.8. The number of hydrogen-bond donors (Lipinski definition) is 0. The first-order chi connectivity index (χ1) is 12.1. The van der Waals surface area contributed by atoms with Crippen LogP contribution in [0.15, 0.2) is 34.8 Å². The molecule has 2 heterocycles. The van der Waals surface area contributed by atoms with Crippen LogP contribution in [0.4, 0.5) is 0 Å². The SMILES string of the molecule is CCCn1c(SCc2cccc(OC)c2)nnc1-c1csc(C)c1C. The lowest BCUT2D eigenvalue weighted by Crippen LogP contribution is -2.02. The highest BCUT2D eigenvalue weighted by atomic mass is 32.2. The summed E-state index contributed by atoms with van der Waals surface area (Å²) < 4.78 is 7.55. The Morgan fingerprint density at radius 1 is 1.24 bits per heavy atom. The maximum atomic E-state index is 5.31. The second-order valence-electron chi connectivity index (χ2n) is 5.93. The van der Waals surface area contributed by atoms with Gasteiger partial charge in [0, 0.05) is 28.1 Å². The lowest BCUT2D eigenvalue weighted by atomic mass is 10.1. The molecule has 2 aromatic heterocycles. The molecule has 4 nitrogen and oxygen atoms in total. The zero-order valence-corrected chi connectivity index (χ0v) is 16.7. The normalized spacial score (nSPS) is 11.0. The highest BCUT2D eigenvalue weighted by Gasteiger charge is 2.17. The molecule has 132 valence electrons. The number of aryl methyl sites for hydroxylation is 1. The van der Waals surface area contributed by atoms with Crippen LogP contribution in [0.2, 0.25) is 0 Å². The summed E-state index contributed by atoms with van der Waals surface area (Å²) in [7, 11) is 1.70. The van der Waals surface area contributed by atoms with Crippen LogP contribution in [0.25, 0.3) is 11.4 Å². The Kier molecular flexibility index (Phi) is 5.81. The van der Waals surface area contributed by atoms with E-state index >= 15 is 0 Å². The van der Waals surface area contributed by atoms with Gasteiger partial charge in [0.05, 0.1) is 7.11 Å². The molecule has 0 radical (unpaired) electrons. The molecule has 0 unspecified atom stereocenters. The van der Waals surface area contributed by atoms with Crippen molar-refractivity contribution in [3.8, 4) is 17.1 Å². The monoisotopic (exact) mass is 373 g/mol. The van der Waals surface area contributed by atoms with E-state index in [2.05, 4.69) is 53.0 Å². The molecule has 25 heavy (non-hydrogen) atoms. The van der Waals surface area contributed by atoms with Crippen LogP contribution in [-0.4, -0.2) is 21.9 Å². The van der Waals surface area contributed by atoms with Crippen LogP contribution in [-0.2, 0) is 12.3 Å². The maximum absolute atomic E-state index is 5.31. The largest absolute Gasteiger partial charge is 0.497 e. The third kappa shape index (κ3) is 3.90. The summed E-state index contributed by atoms with van der Waals surface area (Å²) >= 11 is 3.50. The fourth-order valence-corrected chi connectivity index (χ4v) is 4.44. The van der Waals surface area contributed by atoms with E-state index in [0.717, 1.165) is 35.4 Å². The number of thioether (sulfide) groups is 1. The van der Waals surface area contributed by atoms with Gasteiger partial charge in [-0.1, -0.05) is 30.8 Å². The van der Waals surface area contributed by atoms with Crippen molar-refractivity contribution in [2.45, 2.75) is 44.6 Å². The van der Waals surface area contributed by atoms with E-state index in [1.165, 1.54) is 21.6 Å². The quantitative estimate of drug-likeness (QED) is 0.525. The molecule has 0 aliphatic heterocycles. The molecule has 0 amide bonds. The molecule has 0 spiro atoms. The van der Waals surface area contributed by atoms with Crippen molar-refractivity contribution in [1.82, 2.24) is 14.8 Å². The standard InChI is InChI=1S/C19H23N3OS2/c1-5-9-22-18(17-12-24-14(3)13(17)2)20-21-19(22)25-11-15-7-6-8-16(10-15)23-4/h6-8,10,12H,5,9,11H2,1-4H3. The van der Waals surface area contributed by atoms with Crippen molar-refractivity contribution in [3.05, 3.63) is 45.6 Å². The van der Waals surface area contributed by atoms with Crippen molar-refractivity contribution in [2.24, 2.45) is 0 Å². The van der Waals surface area contributed by atoms with Gasteiger partial charge >= 0.3 is 0 Å². The van der Waals surface area contributed by atoms with Crippen LogP contribution in [0.1, 0.15) is 29.3 Å². The molecule has 1 aromatic carbocycles. The molecule has 0 saturated carbocycles. The molecule has 0 bridgehead atoms. The number of ether oxygens (including phenoxy) is 1. The van der Waals surface area contributed by atoms with E-state index in [1.807, 2.05) is 12.1 Å². The molecular formula is C19H23N3OS2. The minimum absolute atomic E-state index is 0.848. The van der Waals surface area contributed by atoms with E-state index in [0.29, 0.717) is 0 Å². The molecule has 0 saturated heterocycles.